The van der Waals surface area contributed by atoms with Crippen molar-refractivity contribution >= 4 is 11.8 Å². The summed E-state index contributed by atoms with van der Waals surface area (Å²) in [6.07, 6.45) is 0. The number of halogens is 2. The maximum atomic E-state index is 13.7. The molecule has 0 spiro atoms. The smallest absolute Gasteiger partial charge is 0.312 e. The number of piperazine rings is 2. The van der Waals surface area contributed by atoms with Gasteiger partial charge in [0.15, 0.2) is 0 Å². The molecular formula is C14H15F2N3O2. The highest BCUT2D eigenvalue weighted by Gasteiger charge is 2.40. The van der Waals surface area contributed by atoms with Gasteiger partial charge in [-0.1, -0.05) is 6.07 Å². The molecular weight excluding hydrogens is 280 g/mol. The van der Waals surface area contributed by atoms with Crippen LogP contribution >= 0.6 is 0 Å². The number of benzene rings is 1. The van der Waals surface area contributed by atoms with Crippen LogP contribution in [0.25, 0.3) is 0 Å². The maximum absolute atomic E-state index is 13.7. The third kappa shape index (κ3) is 2.49. The predicted octanol–water partition coefficient (Wildman–Crippen LogP) is 0.107. The van der Waals surface area contributed by atoms with Gasteiger partial charge in [0.1, 0.15) is 11.6 Å². The highest BCUT2D eigenvalue weighted by Crippen LogP contribution is 2.19. The number of carbonyl (C=O) groups excluding carboxylic acids is 2. The molecule has 2 aliphatic rings. The van der Waals surface area contributed by atoms with Crippen LogP contribution in [-0.4, -0.2) is 53.8 Å². The summed E-state index contributed by atoms with van der Waals surface area (Å²) in [7, 11) is 0. The van der Waals surface area contributed by atoms with Gasteiger partial charge in [0.25, 0.3) is 0 Å². The van der Waals surface area contributed by atoms with Crippen LogP contribution in [0.4, 0.5) is 8.78 Å². The van der Waals surface area contributed by atoms with Gasteiger partial charge >= 0.3 is 11.8 Å². The van der Waals surface area contributed by atoms with Gasteiger partial charge in [-0.15, -0.1) is 0 Å². The fourth-order valence-electron chi connectivity index (χ4n) is 2.80. The van der Waals surface area contributed by atoms with Crippen molar-refractivity contribution in [3.8, 4) is 0 Å². The van der Waals surface area contributed by atoms with Crippen LogP contribution in [0.5, 0.6) is 0 Å². The molecule has 7 heteroatoms. The molecule has 1 unspecified atom stereocenters. The van der Waals surface area contributed by atoms with Gasteiger partial charge in [-0.25, -0.2) is 8.78 Å². The summed E-state index contributed by atoms with van der Waals surface area (Å²) in [5.41, 5.74) is -0.184. The zero-order chi connectivity index (χ0) is 15.0. The summed E-state index contributed by atoms with van der Waals surface area (Å²) >= 11 is 0. The summed E-state index contributed by atoms with van der Waals surface area (Å²) < 4.78 is 27.4. The Labute approximate surface area is 120 Å². The van der Waals surface area contributed by atoms with E-state index in [1.165, 1.54) is 15.9 Å². The van der Waals surface area contributed by atoms with E-state index in [2.05, 4.69) is 5.32 Å². The summed E-state index contributed by atoms with van der Waals surface area (Å²) in [5.74, 6) is -2.71. The average molecular weight is 295 g/mol. The number of carbonyl (C=O) groups is 2. The second-order valence-corrected chi connectivity index (χ2v) is 5.24. The number of nitrogens with one attached hydrogen (secondary N) is 1. The Morgan fingerprint density at radius 2 is 1.90 bits per heavy atom. The predicted molar refractivity (Wildman–Crippen MR) is 70.1 cm³/mol. The van der Waals surface area contributed by atoms with E-state index < -0.39 is 23.4 Å². The topological polar surface area (TPSA) is 52.7 Å². The van der Waals surface area contributed by atoms with Crippen LogP contribution in [0.2, 0.25) is 0 Å². The largest absolute Gasteiger partial charge is 0.328 e. The fourth-order valence-corrected chi connectivity index (χ4v) is 2.80. The summed E-state index contributed by atoms with van der Waals surface area (Å²) in [4.78, 5) is 26.9. The summed E-state index contributed by atoms with van der Waals surface area (Å²) in [5, 5.41) is 3.15. The zero-order valence-electron chi connectivity index (χ0n) is 11.3. The van der Waals surface area contributed by atoms with E-state index in [4.69, 9.17) is 0 Å². The lowest BCUT2D eigenvalue weighted by atomic mass is 10.1. The lowest BCUT2D eigenvalue weighted by Crippen LogP contribution is -2.65. The van der Waals surface area contributed by atoms with Crippen LogP contribution in [0.3, 0.4) is 0 Å². The number of amides is 2. The Bertz CT molecular complexity index is 573. The minimum absolute atomic E-state index is 0.140. The van der Waals surface area contributed by atoms with Gasteiger partial charge in [-0.3, -0.25) is 9.59 Å². The van der Waals surface area contributed by atoms with E-state index in [9.17, 15) is 18.4 Å². The molecule has 112 valence electrons. The number of fused-ring (bicyclic) bond motifs is 1. The molecule has 2 fully saturated rings. The van der Waals surface area contributed by atoms with E-state index >= 15 is 0 Å². The van der Waals surface area contributed by atoms with Crippen molar-refractivity contribution in [3.05, 3.63) is 35.4 Å². The first-order chi connectivity index (χ1) is 10.1. The lowest BCUT2D eigenvalue weighted by molar-refractivity contribution is -0.160. The van der Waals surface area contributed by atoms with Crippen molar-refractivity contribution in [2.45, 2.75) is 12.6 Å². The monoisotopic (exact) mass is 295 g/mol. The van der Waals surface area contributed by atoms with E-state index in [0.29, 0.717) is 19.6 Å². The van der Waals surface area contributed by atoms with Crippen molar-refractivity contribution in [3.63, 3.8) is 0 Å². The summed E-state index contributed by atoms with van der Waals surface area (Å²) in [6.45, 7) is 1.77. The molecule has 2 aliphatic heterocycles. The number of hydrogen-bond donors (Lipinski definition) is 1. The highest BCUT2D eigenvalue weighted by atomic mass is 19.1. The molecule has 0 saturated carbocycles. The van der Waals surface area contributed by atoms with E-state index in [1.807, 2.05) is 0 Å². The van der Waals surface area contributed by atoms with Crippen molar-refractivity contribution in [1.82, 2.24) is 15.1 Å². The number of hydrogen-bond acceptors (Lipinski definition) is 3. The summed E-state index contributed by atoms with van der Waals surface area (Å²) in [6, 6.07) is 3.41. The Hall–Kier alpha value is -2.02. The first-order valence-electron chi connectivity index (χ1n) is 6.81. The molecule has 2 saturated heterocycles. The average Bonchev–Trinajstić information content (AvgIpc) is 2.48. The molecule has 21 heavy (non-hydrogen) atoms. The van der Waals surface area contributed by atoms with E-state index in [1.54, 1.807) is 0 Å². The molecule has 0 aromatic heterocycles. The van der Waals surface area contributed by atoms with Crippen LogP contribution in [-0.2, 0) is 16.1 Å². The Morgan fingerprint density at radius 1 is 1.19 bits per heavy atom. The van der Waals surface area contributed by atoms with Crippen molar-refractivity contribution < 1.29 is 18.4 Å². The molecule has 5 nitrogen and oxygen atoms in total. The molecule has 0 radical (unpaired) electrons. The first-order valence-corrected chi connectivity index (χ1v) is 6.81. The molecule has 0 aliphatic carbocycles. The van der Waals surface area contributed by atoms with Gasteiger partial charge in [0, 0.05) is 31.7 Å². The minimum Gasteiger partial charge on any atom is -0.328 e. The van der Waals surface area contributed by atoms with Crippen LogP contribution in [0, 0.1) is 11.6 Å². The standard InChI is InChI=1S/C14H15F2N3O2/c15-11-2-1-3-12(16)10(11)8-18-7-9-6-17-4-5-19(9)14(21)13(18)20/h1-3,9,17H,4-8H2. The minimum atomic E-state index is -0.709. The van der Waals surface area contributed by atoms with Gasteiger partial charge < -0.3 is 15.1 Å². The number of rotatable bonds is 2. The second kappa shape index (κ2) is 5.40. The Morgan fingerprint density at radius 3 is 2.62 bits per heavy atom. The quantitative estimate of drug-likeness (QED) is 0.788. The van der Waals surface area contributed by atoms with E-state index in [-0.39, 0.29) is 24.7 Å². The lowest BCUT2D eigenvalue weighted by Gasteiger charge is -2.43. The molecule has 2 heterocycles. The SMILES string of the molecule is O=C1C(=O)N2CCNCC2CN1Cc1c(F)cccc1F. The second-order valence-electron chi connectivity index (χ2n) is 5.24. The van der Waals surface area contributed by atoms with Gasteiger partial charge in [0.05, 0.1) is 12.6 Å². The van der Waals surface area contributed by atoms with Crippen LogP contribution in [0.15, 0.2) is 18.2 Å². The zero-order valence-corrected chi connectivity index (χ0v) is 11.3. The molecule has 1 aromatic rings. The molecule has 1 aromatic carbocycles. The van der Waals surface area contributed by atoms with Gasteiger partial charge in [0.2, 0.25) is 0 Å². The van der Waals surface area contributed by atoms with Crippen LogP contribution in [0.1, 0.15) is 5.56 Å². The highest BCUT2D eigenvalue weighted by molar-refractivity contribution is 6.35. The third-order valence-electron chi connectivity index (χ3n) is 3.92. The third-order valence-corrected chi connectivity index (χ3v) is 3.92. The van der Waals surface area contributed by atoms with Crippen molar-refractivity contribution in [2.24, 2.45) is 0 Å². The molecule has 1 N–H and O–H groups in total. The van der Waals surface area contributed by atoms with Gasteiger partial charge in [-0.05, 0) is 12.1 Å². The van der Waals surface area contributed by atoms with Crippen molar-refractivity contribution in [1.29, 1.82) is 0 Å². The van der Waals surface area contributed by atoms with E-state index in [0.717, 1.165) is 12.1 Å². The fraction of sp³-hybridized carbons (Fsp3) is 0.429. The van der Waals surface area contributed by atoms with Gasteiger partial charge in [-0.2, -0.15) is 0 Å². The molecule has 3 rings (SSSR count). The number of nitrogens with zero attached hydrogens (tertiary/aromatic N) is 2. The first kappa shape index (κ1) is 13.9. The maximum Gasteiger partial charge on any atom is 0.312 e. The Balaban J connectivity index is 1.82. The molecule has 1 atom stereocenters. The van der Waals surface area contributed by atoms with Crippen molar-refractivity contribution in [2.75, 3.05) is 26.2 Å². The normalized spacial score (nSPS) is 22.5. The van der Waals surface area contributed by atoms with Crippen LogP contribution < -0.4 is 5.32 Å². The molecule has 0 bridgehead atoms. The molecule has 2 amide bonds. The Kier molecular flexibility index (Phi) is 3.59.